The molecular weight excluding hydrogens is 236 g/mol. The molecule has 19 heavy (non-hydrogen) atoms. The molecule has 1 heterocycles. The predicted octanol–water partition coefficient (Wildman–Crippen LogP) is 2.73. The second-order valence-corrected chi connectivity index (χ2v) is 5.02. The van der Waals surface area contributed by atoms with E-state index in [0.29, 0.717) is 24.3 Å². The van der Waals surface area contributed by atoms with Crippen molar-refractivity contribution in [3.05, 3.63) is 64.7 Å². The minimum atomic E-state index is 0.0115. The molecule has 0 bridgehead atoms. The molecule has 96 valence electrons. The normalized spacial score (nSPS) is 13.4. The molecule has 2 aromatic rings. The highest BCUT2D eigenvalue weighted by Crippen LogP contribution is 2.25. The third kappa shape index (κ3) is 2.08. The Hall–Kier alpha value is -2.29. The van der Waals surface area contributed by atoms with Gasteiger partial charge in [0.05, 0.1) is 5.56 Å². The molecule has 3 rings (SSSR count). The van der Waals surface area contributed by atoms with E-state index >= 15 is 0 Å². The average Bonchev–Trinajstić information content (AvgIpc) is 2.84. The summed E-state index contributed by atoms with van der Waals surface area (Å²) in [6, 6.07) is 13.7. The van der Waals surface area contributed by atoms with Crippen LogP contribution in [-0.2, 0) is 13.1 Å². The number of nitrogens with two attached hydrogens (primary N) is 1. The van der Waals surface area contributed by atoms with Crippen LogP contribution in [0.1, 0.15) is 27.0 Å². The van der Waals surface area contributed by atoms with Crippen molar-refractivity contribution in [2.75, 3.05) is 5.73 Å². The molecule has 0 aliphatic carbocycles. The topological polar surface area (TPSA) is 46.3 Å². The zero-order valence-electron chi connectivity index (χ0n) is 10.9. The largest absolute Gasteiger partial charge is 0.398 e. The van der Waals surface area contributed by atoms with Gasteiger partial charge in [-0.15, -0.1) is 0 Å². The van der Waals surface area contributed by atoms with Gasteiger partial charge in [0.15, 0.2) is 0 Å². The Kier molecular flexibility index (Phi) is 2.75. The van der Waals surface area contributed by atoms with Crippen LogP contribution >= 0.6 is 0 Å². The van der Waals surface area contributed by atoms with E-state index in [-0.39, 0.29) is 5.91 Å². The van der Waals surface area contributed by atoms with Crippen molar-refractivity contribution in [2.45, 2.75) is 20.0 Å². The molecule has 0 spiro atoms. The molecule has 0 aromatic heterocycles. The van der Waals surface area contributed by atoms with Crippen molar-refractivity contribution < 1.29 is 4.79 Å². The molecule has 0 fully saturated rings. The zero-order valence-corrected chi connectivity index (χ0v) is 10.9. The molecule has 2 aromatic carbocycles. The number of fused-ring (bicyclic) bond motifs is 1. The Morgan fingerprint density at radius 2 is 1.74 bits per heavy atom. The minimum absolute atomic E-state index is 0.0115. The third-order valence-corrected chi connectivity index (χ3v) is 3.57. The standard InChI is InChI=1S/C16H16N2O/c1-11-6-7-15(17)14(8-11)16(19)18-9-12-4-2-3-5-13(12)10-18/h2-8H,9-10,17H2,1H3. The van der Waals surface area contributed by atoms with Crippen LogP contribution < -0.4 is 5.73 Å². The lowest BCUT2D eigenvalue weighted by atomic mass is 10.1. The number of benzene rings is 2. The molecule has 0 saturated heterocycles. The van der Waals surface area contributed by atoms with Crippen LogP contribution in [0.3, 0.4) is 0 Å². The Morgan fingerprint density at radius 1 is 1.11 bits per heavy atom. The summed E-state index contributed by atoms with van der Waals surface area (Å²) in [4.78, 5) is 14.4. The molecule has 1 aliphatic rings. The van der Waals surface area contributed by atoms with Crippen LogP contribution in [0.25, 0.3) is 0 Å². The van der Waals surface area contributed by atoms with E-state index < -0.39 is 0 Å². The maximum absolute atomic E-state index is 12.5. The van der Waals surface area contributed by atoms with Crippen molar-refractivity contribution in [3.8, 4) is 0 Å². The molecule has 0 radical (unpaired) electrons. The van der Waals surface area contributed by atoms with Crippen molar-refractivity contribution in [1.82, 2.24) is 4.90 Å². The zero-order chi connectivity index (χ0) is 13.4. The van der Waals surface area contributed by atoms with Crippen LogP contribution in [0.4, 0.5) is 5.69 Å². The first kappa shape index (κ1) is 11.8. The van der Waals surface area contributed by atoms with Gasteiger partial charge in [-0.25, -0.2) is 0 Å². The van der Waals surface area contributed by atoms with E-state index in [4.69, 9.17) is 5.73 Å². The number of anilines is 1. The fourth-order valence-corrected chi connectivity index (χ4v) is 2.50. The second kappa shape index (κ2) is 4.43. The van der Waals surface area contributed by atoms with Gasteiger partial charge < -0.3 is 10.6 Å². The maximum atomic E-state index is 12.5. The monoisotopic (exact) mass is 252 g/mol. The van der Waals surface area contributed by atoms with Crippen LogP contribution in [-0.4, -0.2) is 10.8 Å². The van der Waals surface area contributed by atoms with Gasteiger partial charge in [-0.05, 0) is 30.2 Å². The van der Waals surface area contributed by atoms with Gasteiger partial charge in [0.1, 0.15) is 0 Å². The summed E-state index contributed by atoms with van der Waals surface area (Å²) < 4.78 is 0. The molecule has 0 saturated carbocycles. The van der Waals surface area contributed by atoms with E-state index in [1.54, 1.807) is 6.07 Å². The van der Waals surface area contributed by atoms with Gasteiger partial charge in [-0.3, -0.25) is 4.79 Å². The lowest BCUT2D eigenvalue weighted by Crippen LogP contribution is -2.26. The first-order valence-electron chi connectivity index (χ1n) is 6.37. The van der Waals surface area contributed by atoms with Gasteiger partial charge >= 0.3 is 0 Å². The van der Waals surface area contributed by atoms with Crippen molar-refractivity contribution in [3.63, 3.8) is 0 Å². The predicted molar refractivity (Wildman–Crippen MR) is 75.6 cm³/mol. The van der Waals surface area contributed by atoms with Crippen LogP contribution in [0.2, 0.25) is 0 Å². The average molecular weight is 252 g/mol. The van der Waals surface area contributed by atoms with E-state index in [0.717, 1.165) is 5.56 Å². The summed E-state index contributed by atoms with van der Waals surface area (Å²) in [5, 5.41) is 0. The second-order valence-electron chi connectivity index (χ2n) is 5.02. The van der Waals surface area contributed by atoms with Crippen molar-refractivity contribution >= 4 is 11.6 Å². The molecular formula is C16H16N2O. The Bertz CT molecular complexity index is 624. The number of nitrogens with zero attached hydrogens (tertiary/aromatic N) is 1. The molecule has 3 heteroatoms. The quantitative estimate of drug-likeness (QED) is 0.793. The number of hydrogen-bond donors (Lipinski definition) is 1. The first-order valence-corrected chi connectivity index (χ1v) is 6.37. The minimum Gasteiger partial charge on any atom is -0.398 e. The lowest BCUT2D eigenvalue weighted by Gasteiger charge is -2.17. The first-order chi connectivity index (χ1) is 9.15. The number of hydrogen-bond acceptors (Lipinski definition) is 2. The molecule has 1 amide bonds. The van der Waals surface area contributed by atoms with E-state index in [1.165, 1.54) is 11.1 Å². The number of carbonyl (C=O) groups is 1. The summed E-state index contributed by atoms with van der Waals surface area (Å²) in [5.41, 5.74) is 10.6. The van der Waals surface area contributed by atoms with Crippen molar-refractivity contribution in [1.29, 1.82) is 0 Å². The summed E-state index contributed by atoms with van der Waals surface area (Å²) >= 11 is 0. The lowest BCUT2D eigenvalue weighted by molar-refractivity contribution is 0.0752. The Morgan fingerprint density at radius 3 is 2.37 bits per heavy atom. The van der Waals surface area contributed by atoms with E-state index in [2.05, 4.69) is 12.1 Å². The third-order valence-electron chi connectivity index (χ3n) is 3.57. The highest BCUT2D eigenvalue weighted by Gasteiger charge is 2.24. The van der Waals surface area contributed by atoms with Gasteiger partial charge in [0, 0.05) is 18.8 Å². The number of carbonyl (C=O) groups excluding carboxylic acids is 1. The van der Waals surface area contributed by atoms with Gasteiger partial charge in [-0.1, -0.05) is 35.9 Å². The summed E-state index contributed by atoms with van der Waals surface area (Å²) in [7, 11) is 0. The van der Waals surface area contributed by atoms with Crippen LogP contribution in [0, 0.1) is 6.92 Å². The van der Waals surface area contributed by atoms with Gasteiger partial charge in [0.2, 0.25) is 0 Å². The summed E-state index contributed by atoms with van der Waals surface area (Å²) in [6.45, 7) is 3.31. The summed E-state index contributed by atoms with van der Waals surface area (Å²) in [5.74, 6) is 0.0115. The van der Waals surface area contributed by atoms with Gasteiger partial charge in [0.25, 0.3) is 5.91 Å². The highest BCUT2D eigenvalue weighted by molar-refractivity contribution is 5.99. The van der Waals surface area contributed by atoms with Crippen molar-refractivity contribution in [2.24, 2.45) is 0 Å². The number of aryl methyl sites for hydroxylation is 1. The fourth-order valence-electron chi connectivity index (χ4n) is 2.50. The SMILES string of the molecule is Cc1ccc(N)c(C(=O)N2Cc3ccccc3C2)c1. The van der Waals surface area contributed by atoms with E-state index in [1.807, 2.05) is 36.1 Å². The fraction of sp³-hybridized carbons (Fsp3) is 0.188. The molecule has 0 atom stereocenters. The smallest absolute Gasteiger partial charge is 0.256 e. The summed E-state index contributed by atoms with van der Waals surface area (Å²) in [6.07, 6.45) is 0. The Labute approximate surface area is 112 Å². The van der Waals surface area contributed by atoms with Gasteiger partial charge in [-0.2, -0.15) is 0 Å². The molecule has 0 unspecified atom stereocenters. The van der Waals surface area contributed by atoms with Crippen LogP contribution in [0.15, 0.2) is 42.5 Å². The Balaban J connectivity index is 1.89. The van der Waals surface area contributed by atoms with E-state index in [9.17, 15) is 4.79 Å². The number of rotatable bonds is 1. The molecule has 3 nitrogen and oxygen atoms in total. The number of nitrogen functional groups attached to an aromatic ring is 1. The molecule has 2 N–H and O–H groups in total. The van der Waals surface area contributed by atoms with Crippen LogP contribution in [0.5, 0.6) is 0 Å². The maximum Gasteiger partial charge on any atom is 0.256 e. The number of amides is 1. The molecule has 1 aliphatic heterocycles. The highest BCUT2D eigenvalue weighted by atomic mass is 16.2.